The van der Waals surface area contributed by atoms with E-state index in [9.17, 15) is 9.90 Å². The average Bonchev–Trinajstić information content (AvgIpc) is 3.20. The highest BCUT2D eigenvalue weighted by atomic mass is 16.3. The van der Waals surface area contributed by atoms with Crippen LogP contribution < -0.4 is 0 Å². The number of amides is 1. The van der Waals surface area contributed by atoms with Gasteiger partial charge in [-0.25, -0.2) is 0 Å². The zero-order valence-electron chi connectivity index (χ0n) is 15.0. The number of rotatable bonds is 3. The first-order valence-electron chi connectivity index (χ1n) is 8.52. The van der Waals surface area contributed by atoms with Gasteiger partial charge in [0.1, 0.15) is 5.69 Å². The van der Waals surface area contributed by atoms with Crippen molar-refractivity contribution in [1.29, 1.82) is 0 Å². The molecular weight excluding hydrogens is 340 g/mol. The van der Waals surface area contributed by atoms with Crippen molar-refractivity contribution < 1.29 is 9.90 Å². The van der Waals surface area contributed by atoms with Gasteiger partial charge < -0.3 is 14.7 Å². The minimum absolute atomic E-state index is 0.111. The van der Waals surface area contributed by atoms with E-state index in [0.717, 1.165) is 16.6 Å². The second kappa shape index (κ2) is 6.57. The molecule has 0 bridgehead atoms. The van der Waals surface area contributed by atoms with Crippen molar-refractivity contribution in [2.24, 2.45) is 17.3 Å². The molecule has 6 heteroatoms. The van der Waals surface area contributed by atoms with Crippen LogP contribution in [-0.4, -0.2) is 20.6 Å². The van der Waals surface area contributed by atoms with Crippen LogP contribution in [0.4, 0.5) is 5.69 Å². The Bertz CT molecular complexity index is 1170. The van der Waals surface area contributed by atoms with Crippen LogP contribution in [0, 0.1) is 6.92 Å². The fourth-order valence-electron chi connectivity index (χ4n) is 3.04. The van der Waals surface area contributed by atoms with E-state index in [1.54, 1.807) is 17.7 Å². The van der Waals surface area contributed by atoms with Crippen molar-refractivity contribution in [2.75, 3.05) is 0 Å². The number of azo groups is 1. The summed E-state index contributed by atoms with van der Waals surface area (Å²) in [6.45, 7) is 2.03. The number of aromatic hydroxyl groups is 1. The van der Waals surface area contributed by atoms with Gasteiger partial charge in [-0.1, -0.05) is 48.0 Å². The molecule has 27 heavy (non-hydrogen) atoms. The van der Waals surface area contributed by atoms with E-state index >= 15 is 0 Å². The van der Waals surface area contributed by atoms with Crippen molar-refractivity contribution in [3.05, 3.63) is 72.1 Å². The third-order valence-electron chi connectivity index (χ3n) is 4.51. The lowest BCUT2D eigenvalue weighted by Crippen LogP contribution is -2.01. The monoisotopic (exact) mass is 358 g/mol. The first-order chi connectivity index (χ1) is 13.0. The lowest BCUT2D eigenvalue weighted by molar-refractivity contribution is 0.0987. The maximum atomic E-state index is 12.5. The van der Waals surface area contributed by atoms with Gasteiger partial charge in [-0.3, -0.25) is 4.79 Å². The van der Waals surface area contributed by atoms with E-state index in [0.29, 0.717) is 11.1 Å². The molecule has 0 spiro atoms. The largest absolute Gasteiger partial charge is 0.493 e. The number of benzene rings is 2. The van der Waals surface area contributed by atoms with Gasteiger partial charge in [0.15, 0.2) is 5.69 Å². The molecule has 0 aliphatic rings. The van der Waals surface area contributed by atoms with Gasteiger partial charge in [0, 0.05) is 24.2 Å². The third-order valence-corrected chi connectivity index (χ3v) is 4.51. The molecule has 4 aromatic rings. The quantitative estimate of drug-likeness (QED) is 0.499. The number of hydrogen-bond donors (Lipinski definition) is 2. The molecule has 134 valence electrons. The van der Waals surface area contributed by atoms with Crippen LogP contribution in [0.25, 0.3) is 22.0 Å². The molecule has 0 unspecified atom stereocenters. The summed E-state index contributed by atoms with van der Waals surface area (Å²) in [5.41, 5.74) is 4.56. The third kappa shape index (κ3) is 3.13. The summed E-state index contributed by atoms with van der Waals surface area (Å²) in [4.78, 5) is 15.4. The topological polar surface area (TPSA) is 82.7 Å². The Morgan fingerprint density at radius 3 is 2.59 bits per heavy atom. The van der Waals surface area contributed by atoms with Gasteiger partial charge in [-0.05, 0) is 24.6 Å². The van der Waals surface area contributed by atoms with Gasteiger partial charge in [-0.2, -0.15) is 0 Å². The van der Waals surface area contributed by atoms with E-state index in [1.165, 1.54) is 5.56 Å². The van der Waals surface area contributed by atoms with Crippen molar-refractivity contribution in [1.82, 2.24) is 9.55 Å². The first kappa shape index (κ1) is 16.8. The number of nitrogens with one attached hydrogen (secondary N) is 1. The summed E-state index contributed by atoms with van der Waals surface area (Å²) in [6.07, 6.45) is 1.89. The van der Waals surface area contributed by atoms with Crippen LogP contribution in [0.1, 0.15) is 16.1 Å². The molecule has 6 nitrogen and oxygen atoms in total. The van der Waals surface area contributed by atoms with E-state index in [4.69, 9.17) is 0 Å². The van der Waals surface area contributed by atoms with Crippen molar-refractivity contribution in [3.8, 4) is 17.0 Å². The van der Waals surface area contributed by atoms with E-state index in [2.05, 4.69) is 15.2 Å². The van der Waals surface area contributed by atoms with Crippen LogP contribution in [0.3, 0.4) is 0 Å². The Balaban J connectivity index is 1.64. The summed E-state index contributed by atoms with van der Waals surface area (Å²) in [5, 5.41) is 18.5. The average molecular weight is 358 g/mol. The Morgan fingerprint density at radius 2 is 1.81 bits per heavy atom. The lowest BCUT2D eigenvalue weighted by Gasteiger charge is -1.97. The smallest absolute Gasteiger partial charge is 0.311 e. The second-order valence-electron chi connectivity index (χ2n) is 6.46. The molecule has 2 N–H and O–H groups in total. The zero-order chi connectivity index (χ0) is 19.0. The molecule has 0 radical (unpaired) electrons. The Kier molecular flexibility index (Phi) is 4.08. The maximum absolute atomic E-state index is 12.5. The number of aryl methyl sites for hydroxylation is 2. The van der Waals surface area contributed by atoms with Gasteiger partial charge >= 0.3 is 5.91 Å². The summed E-state index contributed by atoms with van der Waals surface area (Å²) >= 11 is 0. The minimum Gasteiger partial charge on any atom is -0.493 e. The molecule has 2 aromatic carbocycles. The fourth-order valence-corrected chi connectivity index (χ4v) is 3.04. The van der Waals surface area contributed by atoms with E-state index in [-0.39, 0.29) is 11.6 Å². The van der Waals surface area contributed by atoms with Gasteiger partial charge in [-0.15, -0.1) is 10.2 Å². The van der Waals surface area contributed by atoms with Crippen molar-refractivity contribution in [2.45, 2.75) is 6.92 Å². The molecule has 0 aliphatic carbocycles. The number of carbonyl (C=O) groups excluding carboxylic acids is 1. The zero-order valence-corrected chi connectivity index (χ0v) is 15.0. The predicted octanol–water partition coefficient (Wildman–Crippen LogP) is 5.11. The highest BCUT2D eigenvalue weighted by molar-refractivity contribution is 5.97. The Morgan fingerprint density at radius 1 is 1.07 bits per heavy atom. The Labute approximate surface area is 155 Å². The van der Waals surface area contributed by atoms with E-state index in [1.807, 2.05) is 61.7 Å². The molecule has 0 fully saturated rings. The minimum atomic E-state index is -0.472. The summed E-state index contributed by atoms with van der Waals surface area (Å²) in [6, 6.07) is 17.2. The highest BCUT2D eigenvalue weighted by Gasteiger charge is 2.14. The first-order valence-corrected chi connectivity index (χ1v) is 8.52. The molecule has 0 aliphatic heterocycles. The highest BCUT2D eigenvalue weighted by Crippen LogP contribution is 2.35. The number of H-pyrrole nitrogens is 1. The van der Waals surface area contributed by atoms with Gasteiger partial charge in [0.25, 0.3) is 0 Å². The van der Waals surface area contributed by atoms with Crippen molar-refractivity contribution >= 4 is 22.5 Å². The number of carbonyl (C=O) groups is 1. The molecule has 0 saturated heterocycles. The van der Waals surface area contributed by atoms with E-state index < -0.39 is 5.91 Å². The normalized spacial score (nSPS) is 11.5. The molecule has 4 rings (SSSR count). The number of para-hydroxylation sites is 1. The number of nitrogens with zero attached hydrogens (tertiary/aromatic N) is 3. The SMILES string of the molecule is Cc1ccc(-c2cc(C(=O)N=Nc3c(O)[nH]c4ccccc34)n(C)c2)cc1. The summed E-state index contributed by atoms with van der Waals surface area (Å²) in [7, 11) is 1.80. The lowest BCUT2D eigenvalue weighted by atomic mass is 10.1. The van der Waals surface area contributed by atoms with Crippen LogP contribution in [0.15, 0.2) is 71.0 Å². The fraction of sp³-hybridized carbons (Fsp3) is 0.0952. The molecule has 2 heterocycles. The summed E-state index contributed by atoms with van der Waals surface area (Å²) < 4.78 is 1.73. The molecular formula is C21H18N4O2. The van der Waals surface area contributed by atoms with Gasteiger partial charge in [0.05, 0.1) is 5.52 Å². The standard InChI is InChI=1S/C21H18N4O2/c1-13-7-9-14(10-8-13)15-11-18(25(2)12-15)20(26)24-23-19-16-5-3-4-6-17(16)22-21(19)27/h3-12,22,27H,1-2H3. The van der Waals surface area contributed by atoms with Crippen LogP contribution >= 0.6 is 0 Å². The second-order valence-corrected chi connectivity index (χ2v) is 6.46. The predicted molar refractivity (Wildman–Crippen MR) is 104 cm³/mol. The summed E-state index contributed by atoms with van der Waals surface area (Å²) in [5.74, 6) is -0.583. The number of aromatic nitrogens is 2. The van der Waals surface area contributed by atoms with Crippen LogP contribution in [0.2, 0.25) is 0 Å². The maximum Gasteiger partial charge on any atom is 0.311 e. The van der Waals surface area contributed by atoms with Crippen LogP contribution in [0.5, 0.6) is 5.88 Å². The molecule has 1 amide bonds. The Hall–Kier alpha value is -3.67. The number of fused-ring (bicyclic) bond motifs is 1. The van der Waals surface area contributed by atoms with Crippen molar-refractivity contribution in [3.63, 3.8) is 0 Å². The number of hydrogen-bond acceptors (Lipinski definition) is 3. The van der Waals surface area contributed by atoms with Crippen LogP contribution in [-0.2, 0) is 7.05 Å². The molecule has 0 saturated carbocycles. The molecule has 2 aromatic heterocycles. The molecule has 0 atom stereocenters. The number of aromatic amines is 1. The van der Waals surface area contributed by atoms with Gasteiger partial charge in [0.2, 0.25) is 5.88 Å².